The van der Waals surface area contributed by atoms with Gasteiger partial charge in [0.05, 0.1) is 0 Å². The van der Waals surface area contributed by atoms with Crippen molar-refractivity contribution in [3.63, 3.8) is 0 Å². The fourth-order valence-electron chi connectivity index (χ4n) is 2.35. The van der Waals surface area contributed by atoms with Crippen molar-refractivity contribution in [3.05, 3.63) is 35.1 Å². The molecule has 2 N–H and O–H groups in total. The van der Waals surface area contributed by atoms with Crippen molar-refractivity contribution in [3.8, 4) is 0 Å². The first-order valence-electron chi connectivity index (χ1n) is 5.77. The smallest absolute Gasteiger partial charge is 0.320 e. The van der Waals surface area contributed by atoms with Crippen LogP contribution in [0.25, 0.3) is 0 Å². The molecule has 17 heavy (non-hydrogen) atoms. The Morgan fingerprint density at radius 2 is 2.35 bits per heavy atom. The molecule has 1 aromatic carbocycles. The van der Waals surface area contributed by atoms with E-state index in [-0.39, 0.29) is 5.82 Å². The van der Waals surface area contributed by atoms with Crippen molar-refractivity contribution < 1.29 is 14.3 Å². The minimum absolute atomic E-state index is 0.223. The first kappa shape index (κ1) is 12.0. The molecule has 0 bridgehead atoms. The summed E-state index contributed by atoms with van der Waals surface area (Å²) in [4.78, 5) is 10.8. The number of carboxylic acids is 1. The molecule has 0 saturated carbocycles. The first-order valence-corrected chi connectivity index (χ1v) is 5.77. The van der Waals surface area contributed by atoms with Gasteiger partial charge in [-0.1, -0.05) is 6.07 Å². The van der Waals surface area contributed by atoms with Crippen molar-refractivity contribution in [2.24, 2.45) is 5.92 Å². The van der Waals surface area contributed by atoms with Gasteiger partial charge in [0.25, 0.3) is 0 Å². The fourth-order valence-corrected chi connectivity index (χ4v) is 2.35. The first-order chi connectivity index (χ1) is 8.06. The molecule has 1 saturated heterocycles. The molecule has 1 heterocycles. The molecular formula is C13H16FNO2. The molecule has 3 nitrogen and oxygen atoms in total. The molecule has 0 spiro atoms. The lowest BCUT2D eigenvalue weighted by molar-refractivity contribution is -0.139. The molecule has 1 aliphatic heterocycles. The van der Waals surface area contributed by atoms with Gasteiger partial charge in [-0.3, -0.25) is 4.79 Å². The van der Waals surface area contributed by atoms with Gasteiger partial charge in [0.1, 0.15) is 11.9 Å². The number of aryl methyl sites for hydroxylation is 1. The highest BCUT2D eigenvalue weighted by molar-refractivity contribution is 5.73. The van der Waals surface area contributed by atoms with E-state index in [0.29, 0.717) is 18.9 Å². The molecule has 0 radical (unpaired) electrons. The maximum absolute atomic E-state index is 12.9. The average molecular weight is 237 g/mol. The van der Waals surface area contributed by atoms with Crippen LogP contribution in [0, 0.1) is 18.7 Å². The summed E-state index contributed by atoms with van der Waals surface area (Å²) in [5.74, 6) is -0.692. The third kappa shape index (κ3) is 2.82. The summed E-state index contributed by atoms with van der Waals surface area (Å²) in [6, 6.07) is 4.34. The zero-order valence-electron chi connectivity index (χ0n) is 9.74. The van der Waals surface area contributed by atoms with Crippen LogP contribution >= 0.6 is 0 Å². The van der Waals surface area contributed by atoms with E-state index in [0.717, 1.165) is 17.5 Å². The molecular weight excluding hydrogens is 221 g/mol. The lowest BCUT2D eigenvalue weighted by atomic mass is 9.94. The van der Waals surface area contributed by atoms with Crippen molar-refractivity contribution >= 4 is 5.97 Å². The van der Waals surface area contributed by atoms with E-state index < -0.39 is 12.0 Å². The second kappa shape index (κ2) is 4.84. The van der Waals surface area contributed by atoms with Gasteiger partial charge >= 0.3 is 5.97 Å². The van der Waals surface area contributed by atoms with Gasteiger partial charge in [-0.05, 0) is 55.5 Å². The van der Waals surface area contributed by atoms with E-state index in [9.17, 15) is 9.18 Å². The molecule has 92 valence electrons. The van der Waals surface area contributed by atoms with Crippen LogP contribution < -0.4 is 5.32 Å². The topological polar surface area (TPSA) is 49.3 Å². The van der Waals surface area contributed by atoms with Crippen LogP contribution in [0.5, 0.6) is 0 Å². The molecule has 4 heteroatoms. The van der Waals surface area contributed by atoms with Crippen LogP contribution in [0.15, 0.2) is 18.2 Å². The average Bonchev–Trinajstić information content (AvgIpc) is 2.71. The Labute approximate surface area is 99.7 Å². The Bertz CT molecular complexity index is 433. The Kier molecular flexibility index (Phi) is 3.43. The molecule has 1 aliphatic rings. The van der Waals surface area contributed by atoms with Crippen LogP contribution in [0.2, 0.25) is 0 Å². The van der Waals surface area contributed by atoms with E-state index >= 15 is 0 Å². The van der Waals surface area contributed by atoms with Gasteiger partial charge in [-0.15, -0.1) is 0 Å². The largest absolute Gasteiger partial charge is 0.480 e. The van der Waals surface area contributed by atoms with Crippen LogP contribution in [0.3, 0.4) is 0 Å². The maximum atomic E-state index is 12.9. The third-order valence-electron chi connectivity index (χ3n) is 3.33. The van der Waals surface area contributed by atoms with E-state index in [1.807, 2.05) is 6.92 Å². The van der Waals surface area contributed by atoms with Gasteiger partial charge in [0.15, 0.2) is 0 Å². The van der Waals surface area contributed by atoms with E-state index in [2.05, 4.69) is 5.32 Å². The predicted molar refractivity (Wildman–Crippen MR) is 62.4 cm³/mol. The molecule has 2 atom stereocenters. The van der Waals surface area contributed by atoms with Crippen LogP contribution in [0.4, 0.5) is 4.39 Å². The molecule has 1 fully saturated rings. The molecule has 2 unspecified atom stereocenters. The second-order valence-electron chi connectivity index (χ2n) is 4.68. The zero-order valence-corrected chi connectivity index (χ0v) is 9.74. The summed E-state index contributed by atoms with van der Waals surface area (Å²) < 4.78 is 12.9. The highest BCUT2D eigenvalue weighted by Crippen LogP contribution is 2.21. The number of aliphatic carboxylic acids is 1. The van der Waals surface area contributed by atoms with Crippen LogP contribution in [0.1, 0.15) is 17.5 Å². The van der Waals surface area contributed by atoms with Gasteiger partial charge in [0.2, 0.25) is 0 Å². The van der Waals surface area contributed by atoms with E-state index in [4.69, 9.17) is 5.11 Å². The summed E-state index contributed by atoms with van der Waals surface area (Å²) in [5.41, 5.74) is 2.04. The molecule has 0 aliphatic carbocycles. The number of carboxylic acid groups (broad SMARTS) is 1. The minimum Gasteiger partial charge on any atom is -0.480 e. The quantitative estimate of drug-likeness (QED) is 0.842. The summed E-state index contributed by atoms with van der Waals surface area (Å²) in [6.45, 7) is 2.60. The highest BCUT2D eigenvalue weighted by atomic mass is 19.1. The standard InChI is InChI=1S/C13H16FNO2/c1-8-4-11(14)3-2-10(8)5-9-6-12(13(16)17)15-7-9/h2-4,9,12,15H,5-7H2,1H3,(H,16,17). The highest BCUT2D eigenvalue weighted by Gasteiger charge is 2.29. The van der Waals surface area contributed by atoms with Gasteiger partial charge in [-0.2, -0.15) is 0 Å². The number of benzene rings is 1. The number of nitrogens with one attached hydrogen (secondary N) is 1. The van der Waals surface area contributed by atoms with Crippen molar-refractivity contribution in [2.45, 2.75) is 25.8 Å². The van der Waals surface area contributed by atoms with Crippen LogP contribution in [-0.4, -0.2) is 23.7 Å². The van der Waals surface area contributed by atoms with Crippen molar-refractivity contribution in [1.82, 2.24) is 5.32 Å². The summed E-state index contributed by atoms with van der Waals surface area (Å²) in [5, 5.41) is 11.9. The monoisotopic (exact) mass is 237 g/mol. The fraction of sp³-hybridized carbons (Fsp3) is 0.462. The number of halogens is 1. The number of hydrogen-bond donors (Lipinski definition) is 2. The summed E-state index contributed by atoms with van der Waals surface area (Å²) in [7, 11) is 0. The van der Waals surface area contributed by atoms with E-state index in [1.54, 1.807) is 6.07 Å². The normalized spacial score (nSPS) is 23.9. The maximum Gasteiger partial charge on any atom is 0.320 e. The molecule has 2 rings (SSSR count). The van der Waals surface area contributed by atoms with E-state index in [1.165, 1.54) is 12.1 Å². The lowest BCUT2D eigenvalue weighted by Gasteiger charge is -2.11. The van der Waals surface area contributed by atoms with Gasteiger partial charge in [0, 0.05) is 0 Å². The summed E-state index contributed by atoms with van der Waals surface area (Å²) >= 11 is 0. The SMILES string of the molecule is Cc1cc(F)ccc1CC1CNC(C(=O)O)C1. The Morgan fingerprint density at radius 3 is 2.94 bits per heavy atom. The second-order valence-corrected chi connectivity index (χ2v) is 4.68. The van der Waals surface area contributed by atoms with Crippen molar-refractivity contribution in [2.75, 3.05) is 6.54 Å². The predicted octanol–water partition coefficient (Wildman–Crippen LogP) is 1.74. The number of carbonyl (C=O) groups is 1. The summed E-state index contributed by atoms with van der Waals surface area (Å²) in [6.07, 6.45) is 1.45. The molecule has 0 aromatic heterocycles. The molecule has 1 aromatic rings. The number of rotatable bonds is 3. The minimum atomic E-state index is -0.789. The van der Waals surface area contributed by atoms with Gasteiger partial charge in [-0.25, -0.2) is 4.39 Å². The Balaban J connectivity index is 2.00. The van der Waals surface area contributed by atoms with Crippen molar-refractivity contribution in [1.29, 1.82) is 0 Å². The lowest BCUT2D eigenvalue weighted by Crippen LogP contribution is -2.29. The third-order valence-corrected chi connectivity index (χ3v) is 3.33. The van der Waals surface area contributed by atoms with Gasteiger partial charge < -0.3 is 10.4 Å². The molecule has 0 amide bonds. The Morgan fingerprint density at radius 1 is 1.59 bits per heavy atom. The Hall–Kier alpha value is -1.42. The van der Waals surface area contributed by atoms with Crippen LogP contribution in [-0.2, 0) is 11.2 Å². The number of hydrogen-bond acceptors (Lipinski definition) is 2. The zero-order chi connectivity index (χ0) is 12.4.